The molecule has 0 aromatic carbocycles. The van der Waals surface area contributed by atoms with Crippen LogP contribution in [0.2, 0.25) is 0 Å². The second-order valence-corrected chi connectivity index (χ2v) is 4.00. The first-order valence-electron chi connectivity index (χ1n) is 4.25. The smallest absolute Gasteiger partial charge is 0.316 e. The number of carbonyl (C=O) groups excluding carboxylic acids is 1. The lowest BCUT2D eigenvalue weighted by Crippen LogP contribution is -2.57. The van der Waals surface area contributed by atoms with Gasteiger partial charge in [0, 0.05) is 6.54 Å². The van der Waals surface area contributed by atoms with Crippen molar-refractivity contribution in [2.24, 2.45) is 0 Å². The summed E-state index contributed by atoms with van der Waals surface area (Å²) in [7, 11) is 0. The van der Waals surface area contributed by atoms with Gasteiger partial charge in [-0.1, -0.05) is 0 Å². The van der Waals surface area contributed by atoms with Crippen LogP contribution in [-0.2, 0) is 4.74 Å². The first-order valence-corrected chi connectivity index (χ1v) is 4.63. The van der Waals surface area contributed by atoms with Crippen molar-refractivity contribution in [2.45, 2.75) is 32.0 Å². The number of amides is 1. The van der Waals surface area contributed by atoms with E-state index in [-0.39, 0.29) is 13.1 Å². The average Bonchev–Trinajstić information content (AvgIpc) is 2.02. The van der Waals surface area contributed by atoms with Crippen LogP contribution in [0.4, 0.5) is 13.6 Å². The summed E-state index contributed by atoms with van der Waals surface area (Å²) in [6.45, 7) is 2.99. The molecule has 14 heavy (non-hydrogen) atoms. The fourth-order valence-corrected chi connectivity index (χ4v) is 1.67. The molecule has 0 aromatic rings. The summed E-state index contributed by atoms with van der Waals surface area (Å²) in [4.78, 5) is 12.0. The first-order chi connectivity index (χ1) is 6.35. The Kier molecular flexibility index (Phi) is 3.32. The molecule has 82 valence electrons. The molecule has 0 spiro atoms. The van der Waals surface area contributed by atoms with Gasteiger partial charge in [0.1, 0.15) is 5.60 Å². The van der Waals surface area contributed by atoms with E-state index in [1.54, 1.807) is 6.92 Å². The third-order valence-electron chi connectivity index (χ3n) is 2.16. The van der Waals surface area contributed by atoms with Crippen LogP contribution >= 0.6 is 11.6 Å². The predicted molar refractivity (Wildman–Crippen MR) is 47.8 cm³/mol. The van der Waals surface area contributed by atoms with Gasteiger partial charge in [-0.15, -0.1) is 0 Å². The van der Waals surface area contributed by atoms with E-state index in [1.807, 2.05) is 0 Å². The molecule has 0 aliphatic carbocycles. The number of hydrogen-bond acceptors (Lipinski definition) is 2. The molecular weight excluding hydrogens is 216 g/mol. The first kappa shape index (κ1) is 11.7. The van der Waals surface area contributed by atoms with E-state index in [0.29, 0.717) is 0 Å². The molecule has 0 N–H and O–H groups in total. The zero-order chi connectivity index (χ0) is 10.9. The number of carbonyl (C=O) groups is 1. The summed E-state index contributed by atoms with van der Waals surface area (Å²) < 4.78 is 30.3. The molecular formula is C8H12ClF2NO2. The molecule has 0 saturated carbocycles. The van der Waals surface area contributed by atoms with Crippen LogP contribution in [0.5, 0.6) is 0 Å². The summed E-state index contributed by atoms with van der Waals surface area (Å²) in [5, 5.41) is -0.716. The number of halogens is 3. The lowest BCUT2D eigenvalue weighted by molar-refractivity contribution is -0.189. The van der Waals surface area contributed by atoms with Gasteiger partial charge in [-0.2, -0.15) is 0 Å². The van der Waals surface area contributed by atoms with E-state index >= 15 is 0 Å². The Morgan fingerprint density at radius 1 is 1.71 bits per heavy atom. The van der Waals surface area contributed by atoms with Gasteiger partial charge in [0.2, 0.25) is 0 Å². The largest absolute Gasteiger partial charge is 0.363 e. The number of ether oxygens (including phenoxy) is 1. The van der Waals surface area contributed by atoms with Crippen molar-refractivity contribution in [1.29, 1.82) is 0 Å². The molecule has 2 atom stereocenters. The topological polar surface area (TPSA) is 29.5 Å². The van der Waals surface area contributed by atoms with Crippen LogP contribution in [0.25, 0.3) is 0 Å². The van der Waals surface area contributed by atoms with E-state index in [9.17, 15) is 13.6 Å². The predicted octanol–water partition coefficient (Wildman–Crippen LogP) is 2.09. The normalized spacial score (nSPS) is 33.6. The molecule has 0 bridgehead atoms. The summed E-state index contributed by atoms with van der Waals surface area (Å²) in [6, 6.07) is 0. The number of alkyl halides is 2. The number of rotatable bonds is 1. The maximum Gasteiger partial charge on any atom is 0.316 e. The van der Waals surface area contributed by atoms with Gasteiger partial charge in [0.25, 0.3) is 6.43 Å². The molecule has 1 aliphatic heterocycles. The standard InChI is InChI=1S/C8H12ClF2NO2/c1-5-3-12(7(9)13)4-8(2,14-5)6(10)11/h5-6H,3-4H2,1-2H3. The molecule has 1 heterocycles. The zero-order valence-electron chi connectivity index (χ0n) is 7.97. The van der Waals surface area contributed by atoms with E-state index in [0.717, 1.165) is 0 Å². The Balaban J connectivity index is 2.76. The highest BCUT2D eigenvalue weighted by atomic mass is 35.5. The lowest BCUT2D eigenvalue weighted by Gasteiger charge is -2.42. The van der Waals surface area contributed by atoms with Crippen LogP contribution < -0.4 is 0 Å². The molecule has 6 heteroatoms. The van der Waals surface area contributed by atoms with Crippen molar-refractivity contribution < 1.29 is 18.3 Å². The number of nitrogens with zero attached hydrogens (tertiary/aromatic N) is 1. The Morgan fingerprint density at radius 2 is 2.29 bits per heavy atom. The molecule has 3 nitrogen and oxygen atoms in total. The van der Waals surface area contributed by atoms with E-state index in [2.05, 4.69) is 0 Å². The van der Waals surface area contributed by atoms with E-state index in [4.69, 9.17) is 16.3 Å². The summed E-state index contributed by atoms with van der Waals surface area (Å²) in [6.07, 6.45) is -3.06. The maximum atomic E-state index is 12.6. The van der Waals surface area contributed by atoms with Crippen molar-refractivity contribution in [3.63, 3.8) is 0 Å². The lowest BCUT2D eigenvalue weighted by atomic mass is 10.0. The van der Waals surface area contributed by atoms with Crippen LogP contribution in [0.3, 0.4) is 0 Å². The van der Waals surface area contributed by atoms with Gasteiger partial charge in [-0.3, -0.25) is 4.79 Å². The van der Waals surface area contributed by atoms with Crippen LogP contribution in [-0.4, -0.2) is 41.5 Å². The SMILES string of the molecule is CC1CN(C(=O)Cl)CC(C)(C(F)F)O1. The van der Waals surface area contributed by atoms with Crippen LogP contribution in [0.1, 0.15) is 13.8 Å². The minimum atomic E-state index is -2.64. The second kappa shape index (κ2) is 3.98. The highest BCUT2D eigenvalue weighted by Crippen LogP contribution is 2.28. The zero-order valence-corrected chi connectivity index (χ0v) is 8.72. The van der Waals surface area contributed by atoms with Gasteiger partial charge in [0.15, 0.2) is 0 Å². The molecule has 2 unspecified atom stereocenters. The third kappa shape index (κ3) is 2.33. The molecule has 1 amide bonds. The van der Waals surface area contributed by atoms with Crippen molar-refractivity contribution in [3.05, 3.63) is 0 Å². The summed E-state index contributed by atoms with van der Waals surface area (Å²) >= 11 is 5.24. The van der Waals surface area contributed by atoms with Crippen molar-refractivity contribution in [2.75, 3.05) is 13.1 Å². The van der Waals surface area contributed by atoms with Gasteiger partial charge in [-0.05, 0) is 25.4 Å². The monoisotopic (exact) mass is 227 g/mol. The van der Waals surface area contributed by atoms with Crippen LogP contribution in [0.15, 0.2) is 0 Å². The molecule has 0 aromatic heterocycles. The number of morpholine rings is 1. The van der Waals surface area contributed by atoms with E-state index < -0.39 is 23.5 Å². The summed E-state index contributed by atoms with van der Waals surface area (Å²) in [5.74, 6) is 0. The Labute approximate surface area is 86.0 Å². The average molecular weight is 228 g/mol. The highest BCUT2D eigenvalue weighted by molar-refractivity contribution is 6.62. The minimum absolute atomic E-state index is 0.169. The van der Waals surface area contributed by atoms with Gasteiger partial charge in [0.05, 0.1) is 12.6 Å². The fourth-order valence-electron chi connectivity index (χ4n) is 1.54. The van der Waals surface area contributed by atoms with Crippen molar-refractivity contribution >= 4 is 17.0 Å². The maximum absolute atomic E-state index is 12.6. The minimum Gasteiger partial charge on any atom is -0.363 e. The van der Waals surface area contributed by atoms with Crippen molar-refractivity contribution in [3.8, 4) is 0 Å². The van der Waals surface area contributed by atoms with Gasteiger partial charge in [-0.25, -0.2) is 8.78 Å². The quantitative estimate of drug-likeness (QED) is 0.507. The Bertz CT molecular complexity index is 239. The molecule has 1 rings (SSSR count). The highest BCUT2D eigenvalue weighted by Gasteiger charge is 2.44. The molecule has 1 aliphatic rings. The van der Waals surface area contributed by atoms with Crippen LogP contribution in [0, 0.1) is 0 Å². The molecule has 1 saturated heterocycles. The second-order valence-electron chi connectivity index (χ2n) is 3.68. The fraction of sp³-hybridized carbons (Fsp3) is 0.875. The van der Waals surface area contributed by atoms with Crippen molar-refractivity contribution in [1.82, 2.24) is 4.90 Å². The molecule has 1 fully saturated rings. The summed E-state index contributed by atoms with van der Waals surface area (Å²) in [5.41, 5.74) is -1.61. The molecule has 0 radical (unpaired) electrons. The number of hydrogen-bond donors (Lipinski definition) is 0. The third-order valence-corrected chi connectivity index (χ3v) is 2.40. The Morgan fingerprint density at radius 3 is 2.71 bits per heavy atom. The Hall–Kier alpha value is -0.420. The van der Waals surface area contributed by atoms with Gasteiger partial charge < -0.3 is 9.64 Å². The van der Waals surface area contributed by atoms with Gasteiger partial charge >= 0.3 is 5.37 Å². The van der Waals surface area contributed by atoms with E-state index in [1.165, 1.54) is 11.8 Å².